The van der Waals surface area contributed by atoms with Gasteiger partial charge in [0, 0.05) is 6.61 Å². The maximum absolute atomic E-state index is 9.23. The summed E-state index contributed by atoms with van der Waals surface area (Å²) in [6.07, 6.45) is 6.36. The number of aliphatic hydroxyl groups is 1. The predicted molar refractivity (Wildman–Crippen MR) is 67.6 cm³/mol. The fourth-order valence-electron chi connectivity index (χ4n) is 3.07. The summed E-state index contributed by atoms with van der Waals surface area (Å²) in [4.78, 5) is 0. The molecule has 1 atom stereocenters. The van der Waals surface area contributed by atoms with Crippen molar-refractivity contribution >= 4 is 0 Å². The van der Waals surface area contributed by atoms with Crippen molar-refractivity contribution in [2.75, 3.05) is 6.61 Å². The summed E-state index contributed by atoms with van der Waals surface area (Å²) < 4.78 is 0. The average Bonchev–Trinajstić information content (AvgIpc) is 2.79. The van der Waals surface area contributed by atoms with E-state index in [1.807, 2.05) is 0 Å². The van der Waals surface area contributed by atoms with Crippen molar-refractivity contribution in [2.45, 2.75) is 44.9 Å². The molecule has 1 N–H and O–H groups in total. The molecule has 1 unspecified atom stereocenters. The Hall–Kier alpha value is -0.820. The summed E-state index contributed by atoms with van der Waals surface area (Å²) >= 11 is 0. The molecule has 0 radical (unpaired) electrons. The monoisotopic (exact) mass is 218 g/mol. The minimum atomic E-state index is 0.315. The largest absolute Gasteiger partial charge is 0.396 e. The summed E-state index contributed by atoms with van der Waals surface area (Å²) in [5.41, 5.74) is 2.76. The molecule has 1 aliphatic carbocycles. The zero-order valence-corrected chi connectivity index (χ0v) is 10.2. The second-order valence-electron chi connectivity index (χ2n) is 5.08. The van der Waals surface area contributed by atoms with E-state index in [-0.39, 0.29) is 0 Å². The van der Waals surface area contributed by atoms with Crippen molar-refractivity contribution < 1.29 is 5.11 Å². The molecule has 1 aromatic rings. The highest BCUT2D eigenvalue weighted by Gasteiger charge is 2.25. The third kappa shape index (κ3) is 2.65. The lowest BCUT2D eigenvalue weighted by molar-refractivity contribution is 0.254. The number of aryl methyl sites for hydroxylation is 1. The Morgan fingerprint density at radius 1 is 1.31 bits per heavy atom. The molecule has 0 amide bonds. The molecule has 1 saturated carbocycles. The Kier molecular flexibility index (Phi) is 4.00. The van der Waals surface area contributed by atoms with Gasteiger partial charge in [-0.1, -0.05) is 42.7 Å². The molecule has 0 aromatic heterocycles. The molecular formula is C15H22O. The van der Waals surface area contributed by atoms with Crippen LogP contribution >= 0.6 is 0 Å². The van der Waals surface area contributed by atoms with Gasteiger partial charge >= 0.3 is 0 Å². The fraction of sp³-hybridized carbons (Fsp3) is 0.600. The lowest BCUT2D eigenvalue weighted by atomic mass is 9.82. The molecule has 1 heteroatoms. The van der Waals surface area contributed by atoms with E-state index >= 15 is 0 Å². The second-order valence-corrected chi connectivity index (χ2v) is 5.08. The normalized spacial score (nSPS) is 18.9. The molecule has 1 fully saturated rings. The van der Waals surface area contributed by atoms with Gasteiger partial charge in [-0.15, -0.1) is 0 Å². The van der Waals surface area contributed by atoms with Gasteiger partial charge in [0.15, 0.2) is 0 Å². The zero-order valence-electron chi connectivity index (χ0n) is 10.2. The van der Waals surface area contributed by atoms with Crippen LogP contribution in [0.5, 0.6) is 0 Å². The fourth-order valence-corrected chi connectivity index (χ4v) is 3.07. The number of aliphatic hydroxyl groups excluding tert-OH is 1. The average molecular weight is 218 g/mol. The summed E-state index contributed by atoms with van der Waals surface area (Å²) in [5.74, 6) is 1.38. The van der Waals surface area contributed by atoms with Crippen molar-refractivity contribution in [3.8, 4) is 0 Å². The van der Waals surface area contributed by atoms with Crippen LogP contribution in [-0.2, 0) is 0 Å². The van der Waals surface area contributed by atoms with Crippen LogP contribution in [0.3, 0.4) is 0 Å². The minimum Gasteiger partial charge on any atom is -0.396 e. The topological polar surface area (TPSA) is 20.2 Å². The van der Waals surface area contributed by atoms with Crippen LogP contribution in [0.15, 0.2) is 24.3 Å². The second kappa shape index (κ2) is 5.49. The first kappa shape index (κ1) is 11.7. The quantitative estimate of drug-likeness (QED) is 0.818. The Labute approximate surface area is 98.5 Å². The molecule has 0 spiro atoms. The molecule has 0 heterocycles. The van der Waals surface area contributed by atoms with E-state index in [4.69, 9.17) is 0 Å². The summed E-state index contributed by atoms with van der Waals surface area (Å²) in [6, 6.07) is 8.81. The van der Waals surface area contributed by atoms with Crippen molar-refractivity contribution in [1.82, 2.24) is 0 Å². The van der Waals surface area contributed by atoms with Crippen molar-refractivity contribution in [3.05, 3.63) is 35.4 Å². The van der Waals surface area contributed by atoms with Gasteiger partial charge in [0.2, 0.25) is 0 Å². The number of benzene rings is 1. The van der Waals surface area contributed by atoms with Crippen LogP contribution in [0, 0.1) is 12.8 Å². The van der Waals surface area contributed by atoms with Gasteiger partial charge in [0.05, 0.1) is 0 Å². The number of hydrogen-bond donors (Lipinski definition) is 1. The zero-order chi connectivity index (χ0) is 11.4. The van der Waals surface area contributed by atoms with E-state index in [0.29, 0.717) is 12.5 Å². The van der Waals surface area contributed by atoms with Crippen molar-refractivity contribution in [2.24, 2.45) is 5.92 Å². The minimum absolute atomic E-state index is 0.315. The highest BCUT2D eigenvalue weighted by Crippen LogP contribution is 2.39. The van der Waals surface area contributed by atoms with Crippen molar-refractivity contribution in [3.63, 3.8) is 0 Å². The highest BCUT2D eigenvalue weighted by atomic mass is 16.3. The molecule has 2 rings (SSSR count). The van der Waals surface area contributed by atoms with Crippen LogP contribution in [0.2, 0.25) is 0 Å². The van der Waals surface area contributed by atoms with Crippen molar-refractivity contribution in [1.29, 1.82) is 0 Å². The smallest absolute Gasteiger partial charge is 0.0436 e. The third-order valence-electron chi connectivity index (χ3n) is 3.88. The van der Waals surface area contributed by atoms with E-state index in [2.05, 4.69) is 31.2 Å². The first-order chi connectivity index (χ1) is 7.81. The summed E-state index contributed by atoms with van der Waals surface area (Å²) in [7, 11) is 0. The lowest BCUT2D eigenvalue weighted by Crippen LogP contribution is -2.11. The van der Waals surface area contributed by atoms with Gasteiger partial charge in [0.25, 0.3) is 0 Å². The van der Waals surface area contributed by atoms with Crippen LogP contribution in [0.1, 0.15) is 49.1 Å². The summed E-state index contributed by atoms with van der Waals surface area (Å²) in [5, 5.41) is 9.23. The maximum Gasteiger partial charge on any atom is 0.0436 e. The highest BCUT2D eigenvalue weighted by molar-refractivity contribution is 5.26. The van der Waals surface area contributed by atoms with Crippen LogP contribution in [0.4, 0.5) is 0 Å². The molecule has 0 bridgehead atoms. The number of hydrogen-bond acceptors (Lipinski definition) is 1. The molecule has 1 aliphatic rings. The molecule has 88 valence electrons. The van der Waals surface area contributed by atoms with E-state index in [9.17, 15) is 5.11 Å². The van der Waals surface area contributed by atoms with Gasteiger partial charge in [0.1, 0.15) is 0 Å². The van der Waals surface area contributed by atoms with Crippen LogP contribution < -0.4 is 0 Å². The first-order valence-electron chi connectivity index (χ1n) is 6.48. The van der Waals surface area contributed by atoms with Gasteiger partial charge in [-0.3, -0.25) is 0 Å². The standard InChI is InChI=1S/C15H22O/c1-12-5-4-8-14(11-12)15(9-10-16)13-6-2-3-7-13/h4-5,8,11,13,15-16H,2-3,6-7,9-10H2,1H3. The Morgan fingerprint density at radius 2 is 2.06 bits per heavy atom. The SMILES string of the molecule is Cc1cccc(C(CCO)C2CCCC2)c1. The number of rotatable bonds is 4. The summed E-state index contributed by atoms with van der Waals surface area (Å²) in [6.45, 7) is 2.46. The Bertz CT molecular complexity index is 326. The van der Waals surface area contributed by atoms with Gasteiger partial charge in [-0.2, -0.15) is 0 Å². The Balaban J connectivity index is 2.17. The van der Waals surface area contributed by atoms with Gasteiger partial charge in [-0.05, 0) is 43.6 Å². The van der Waals surface area contributed by atoms with Gasteiger partial charge < -0.3 is 5.11 Å². The molecule has 16 heavy (non-hydrogen) atoms. The third-order valence-corrected chi connectivity index (χ3v) is 3.88. The van der Waals surface area contributed by atoms with Crippen LogP contribution in [0.25, 0.3) is 0 Å². The molecule has 1 nitrogen and oxygen atoms in total. The molecule has 0 aliphatic heterocycles. The molecule has 1 aromatic carbocycles. The lowest BCUT2D eigenvalue weighted by Gasteiger charge is -2.23. The molecule has 0 saturated heterocycles. The maximum atomic E-state index is 9.23. The van der Waals surface area contributed by atoms with Crippen LogP contribution in [-0.4, -0.2) is 11.7 Å². The van der Waals surface area contributed by atoms with E-state index in [0.717, 1.165) is 12.3 Å². The first-order valence-corrected chi connectivity index (χ1v) is 6.48. The van der Waals surface area contributed by atoms with Gasteiger partial charge in [-0.25, -0.2) is 0 Å². The predicted octanol–water partition coefficient (Wildman–Crippen LogP) is 3.65. The van der Waals surface area contributed by atoms with E-state index in [1.54, 1.807) is 0 Å². The molecular weight excluding hydrogens is 196 g/mol. The Morgan fingerprint density at radius 3 is 2.69 bits per heavy atom. The van der Waals surface area contributed by atoms with E-state index in [1.165, 1.54) is 36.8 Å². The van der Waals surface area contributed by atoms with E-state index < -0.39 is 0 Å².